The molecule has 1 unspecified atom stereocenters. The summed E-state index contributed by atoms with van der Waals surface area (Å²) in [5.74, 6) is 3.16. The predicted octanol–water partition coefficient (Wildman–Crippen LogP) is 3.16. The molecule has 26 heavy (non-hydrogen) atoms. The summed E-state index contributed by atoms with van der Waals surface area (Å²) in [6, 6.07) is 5.60. The fourth-order valence-electron chi connectivity index (χ4n) is 3.38. The minimum absolute atomic E-state index is 0.0487. The summed E-state index contributed by atoms with van der Waals surface area (Å²) in [6.07, 6.45) is 4.86. The second-order valence-corrected chi connectivity index (χ2v) is 7.62. The van der Waals surface area contributed by atoms with E-state index in [4.69, 9.17) is 9.47 Å². The molecule has 1 fully saturated rings. The van der Waals surface area contributed by atoms with Crippen LogP contribution in [0.1, 0.15) is 56.0 Å². The SMILES string of the molecule is CC(NC(=O)CSc1n[nH]c(C2CCCC2)n1)c1ccc2c(c1)OCO2. The minimum Gasteiger partial charge on any atom is -0.454 e. The van der Waals surface area contributed by atoms with Gasteiger partial charge in [-0.05, 0) is 37.5 Å². The van der Waals surface area contributed by atoms with Crippen molar-refractivity contribution in [2.24, 2.45) is 0 Å². The predicted molar refractivity (Wildman–Crippen MR) is 97.4 cm³/mol. The number of hydrogen-bond acceptors (Lipinski definition) is 6. The number of benzene rings is 1. The summed E-state index contributed by atoms with van der Waals surface area (Å²) in [7, 11) is 0. The standard InChI is InChI=1S/C18H22N4O3S/c1-11(13-6-7-14-15(8-13)25-10-24-14)19-16(23)9-26-18-20-17(21-22-18)12-4-2-3-5-12/h6-8,11-12H,2-5,9-10H2,1H3,(H,19,23)(H,20,21,22). The van der Waals surface area contributed by atoms with Gasteiger partial charge in [0.15, 0.2) is 11.5 Å². The molecule has 0 spiro atoms. The number of fused-ring (bicyclic) bond motifs is 1. The second kappa shape index (κ2) is 7.57. The Hall–Kier alpha value is -2.22. The van der Waals surface area contributed by atoms with Gasteiger partial charge in [0.25, 0.3) is 0 Å². The number of nitrogens with one attached hydrogen (secondary N) is 2. The average molecular weight is 374 g/mol. The number of carbonyl (C=O) groups excluding carboxylic acids is 1. The molecule has 2 aromatic rings. The van der Waals surface area contributed by atoms with Gasteiger partial charge in [-0.3, -0.25) is 9.89 Å². The fourth-order valence-corrected chi connectivity index (χ4v) is 4.00. The lowest BCUT2D eigenvalue weighted by molar-refractivity contribution is -0.119. The number of amides is 1. The van der Waals surface area contributed by atoms with Crippen molar-refractivity contribution < 1.29 is 14.3 Å². The van der Waals surface area contributed by atoms with Gasteiger partial charge in [0.2, 0.25) is 17.9 Å². The van der Waals surface area contributed by atoms with Gasteiger partial charge in [-0.1, -0.05) is 30.7 Å². The van der Waals surface area contributed by atoms with Crippen molar-refractivity contribution in [1.29, 1.82) is 0 Å². The van der Waals surface area contributed by atoms with E-state index in [0.717, 1.165) is 22.9 Å². The molecule has 7 nitrogen and oxygen atoms in total. The van der Waals surface area contributed by atoms with Gasteiger partial charge < -0.3 is 14.8 Å². The van der Waals surface area contributed by atoms with E-state index in [1.165, 1.54) is 37.4 Å². The zero-order valence-corrected chi connectivity index (χ0v) is 15.5. The Morgan fingerprint density at radius 1 is 1.35 bits per heavy atom. The van der Waals surface area contributed by atoms with Gasteiger partial charge in [0, 0.05) is 5.92 Å². The molecule has 0 radical (unpaired) electrons. The van der Waals surface area contributed by atoms with Crippen LogP contribution in [0.5, 0.6) is 11.5 Å². The largest absolute Gasteiger partial charge is 0.454 e. The van der Waals surface area contributed by atoms with Crippen LogP contribution in [-0.2, 0) is 4.79 Å². The quantitative estimate of drug-likeness (QED) is 0.755. The molecule has 2 N–H and O–H groups in total. The smallest absolute Gasteiger partial charge is 0.231 e. The highest BCUT2D eigenvalue weighted by molar-refractivity contribution is 7.99. The molecular weight excluding hydrogens is 352 g/mol. The van der Waals surface area contributed by atoms with E-state index in [2.05, 4.69) is 20.5 Å². The van der Waals surface area contributed by atoms with Crippen molar-refractivity contribution in [1.82, 2.24) is 20.5 Å². The van der Waals surface area contributed by atoms with Crippen LogP contribution in [0.15, 0.2) is 23.4 Å². The molecule has 0 saturated heterocycles. The number of aromatic amines is 1. The Balaban J connectivity index is 1.28. The van der Waals surface area contributed by atoms with Crippen molar-refractivity contribution in [2.75, 3.05) is 12.5 Å². The molecule has 1 amide bonds. The first-order chi connectivity index (χ1) is 12.7. The lowest BCUT2D eigenvalue weighted by Gasteiger charge is -2.14. The number of hydrogen-bond donors (Lipinski definition) is 2. The van der Waals surface area contributed by atoms with Crippen LogP contribution in [0.4, 0.5) is 0 Å². The molecule has 8 heteroatoms. The van der Waals surface area contributed by atoms with Crippen LogP contribution in [-0.4, -0.2) is 33.6 Å². The van der Waals surface area contributed by atoms with Gasteiger partial charge in [-0.25, -0.2) is 4.98 Å². The van der Waals surface area contributed by atoms with E-state index in [0.29, 0.717) is 11.1 Å². The number of aromatic nitrogens is 3. The summed E-state index contributed by atoms with van der Waals surface area (Å²) in [5, 5.41) is 10.9. The first-order valence-corrected chi connectivity index (χ1v) is 9.91. The van der Waals surface area contributed by atoms with Gasteiger partial charge in [-0.15, -0.1) is 5.10 Å². The van der Waals surface area contributed by atoms with Crippen molar-refractivity contribution in [3.05, 3.63) is 29.6 Å². The molecular formula is C18H22N4O3S. The summed E-state index contributed by atoms with van der Waals surface area (Å²) >= 11 is 1.36. The molecule has 4 rings (SSSR count). The van der Waals surface area contributed by atoms with Crippen molar-refractivity contribution >= 4 is 17.7 Å². The average Bonchev–Trinajstić information content (AvgIpc) is 3.40. The third kappa shape index (κ3) is 3.80. The molecule has 2 aliphatic rings. The van der Waals surface area contributed by atoms with Crippen LogP contribution >= 0.6 is 11.8 Å². The normalized spacial score (nSPS) is 17.4. The summed E-state index contributed by atoms with van der Waals surface area (Å²) < 4.78 is 10.7. The highest BCUT2D eigenvalue weighted by Gasteiger charge is 2.21. The molecule has 1 atom stereocenters. The van der Waals surface area contributed by atoms with Gasteiger partial charge in [-0.2, -0.15) is 0 Å². The van der Waals surface area contributed by atoms with E-state index in [9.17, 15) is 4.79 Å². The molecule has 1 saturated carbocycles. The molecule has 0 bridgehead atoms. The van der Waals surface area contributed by atoms with Crippen molar-refractivity contribution in [3.63, 3.8) is 0 Å². The maximum atomic E-state index is 12.2. The maximum absolute atomic E-state index is 12.2. The first kappa shape index (κ1) is 17.2. The van der Waals surface area contributed by atoms with Gasteiger partial charge in [0.05, 0.1) is 11.8 Å². The molecule has 138 valence electrons. The van der Waals surface area contributed by atoms with Crippen LogP contribution < -0.4 is 14.8 Å². The number of ether oxygens (including phenoxy) is 2. The number of nitrogens with zero attached hydrogens (tertiary/aromatic N) is 2. The minimum atomic E-state index is -0.112. The first-order valence-electron chi connectivity index (χ1n) is 8.93. The number of H-pyrrole nitrogens is 1. The Bertz CT molecular complexity index is 788. The van der Waals surface area contributed by atoms with Crippen molar-refractivity contribution in [2.45, 2.75) is 49.7 Å². The zero-order chi connectivity index (χ0) is 17.9. The highest BCUT2D eigenvalue weighted by atomic mass is 32.2. The summed E-state index contributed by atoms with van der Waals surface area (Å²) in [5.41, 5.74) is 0.981. The highest BCUT2D eigenvalue weighted by Crippen LogP contribution is 2.34. The van der Waals surface area contributed by atoms with Crippen LogP contribution in [0.2, 0.25) is 0 Å². The molecule has 1 aliphatic carbocycles. The third-order valence-corrected chi connectivity index (χ3v) is 5.68. The van der Waals surface area contributed by atoms with E-state index < -0.39 is 0 Å². The number of thioether (sulfide) groups is 1. The zero-order valence-electron chi connectivity index (χ0n) is 14.7. The Labute approximate surface area is 156 Å². The van der Waals surface area contributed by atoms with E-state index >= 15 is 0 Å². The van der Waals surface area contributed by atoms with E-state index in [1.807, 2.05) is 25.1 Å². The fraction of sp³-hybridized carbons (Fsp3) is 0.500. The lowest BCUT2D eigenvalue weighted by atomic mass is 10.1. The van der Waals surface area contributed by atoms with Gasteiger partial charge >= 0.3 is 0 Å². The lowest BCUT2D eigenvalue weighted by Crippen LogP contribution is -2.28. The summed E-state index contributed by atoms with van der Waals surface area (Å²) in [4.78, 5) is 16.8. The third-order valence-electron chi connectivity index (χ3n) is 4.83. The van der Waals surface area contributed by atoms with E-state index in [1.54, 1.807) is 0 Å². The monoisotopic (exact) mass is 374 g/mol. The Kier molecular flexibility index (Phi) is 5.01. The number of carbonyl (C=O) groups is 1. The van der Waals surface area contributed by atoms with Crippen LogP contribution in [0, 0.1) is 0 Å². The van der Waals surface area contributed by atoms with Gasteiger partial charge in [0.1, 0.15) is 5.82 Å². The van der Waals surface area contributed by atoms with Crippen LogP contribution in [0.3, 0.4) is 0 Å². The molecule has 2 heterocycles. The van der Waals surface area contributed by atoms with Crippen molar-refractivity contribution in [3.8, 4) is 11.5 Å². The molecule has 1 aromatic carbocycles. The summed E-state index contributed by atoms with van der Waals surface area (Å²) in [6.45, 7) is 2.20. The Morgan fingerprint density at radius 3 is 3.00 bits per heavy atom. The molecule has 1 aliphatic heterocycles. The second-order valence-electron chi connectivity index (χ2n) is 6.68. The number of rotatable bonds is 6. The maximum Gasteiger partial charge on any atom is 0.231 e. The molecule has 1 aromatic heterocycles. The van der Waals surface area contributed by atoms with Crippen LogP contribution in [0.25, 0.3) is 0 Å². The topological polar surface area (TPSA) is 89.1 Å². The van der Waals surface area contributed by atoms with E-state index in [-0.39, 0.29) is 24.5 Å². The Morgan fingerprint density at radius 2 is 2.15 bits per heavy atom.